The first-order valence-electron chi connectivity index (χ1n) is 5.61. The molecule has 4 heteroatoms. The minimum Gasteiger partial charge on any atom is -0.455 e. The van der Waals surface area contributed by atoms with Crippen LogP contribution in [0, 0.1) is 0 Å². The summed E-state index contributed by atoms with van der Waals surface area (Å²) in [4.78, 5) is 0. The van der Waals surface area contributed by atoms with Gasteiger partial charge in [-0.1, -0.05) is 6.92 Å². The first-order valence-corrected chi connectivity index (χ1v) is 7.20. The molecule has 0 amide bonds. The molecule has 2 aromatic carbocycles. The summed E-state index contributed by atoms with van der Waals surface area (Å²) in [7, 11) is 0. The number of hydrogen-bond donors (Lipinski definition) is 1. The van der Waals surface area contributed by atoms with Crippen LogP contribution >= 0.6 is 31.9 Å². The van der Waals surface area contributed by atoms with Crippen LogP contribution in [-0.4, -0.2) is 0 Å². The predicted octanol–water partition coefficient (Wildman–Crippen LogP) is 5.15. The van der Waals surface area contributed by atoms with Gasteiger partial charge in [0, 0.05) is 5.69 Å². The molecular formula is C14H13Br2NO. The third-order valence-electron chi connectivity index (χ3n) is 2.57. The van der Waals surface area contributed by atoms with Crippen molar-refractivity contribution in [2.45, 2.75) is 13.3 Å². The van der Waals surface area contributed by atoms with Gasteiger partial charge in [0.1, 0.15) is 5.75 Å². The quantitative estimate of drug-likeness (QED) is 0.758. The van der Waals surface area contributed by atoms with E-state index in [1.54, 1.807) is 0 Å². The lowest BCUT2D eigenvalue weighted by molar-refractivity contribution is 0.476. The highest BCUT2D eigenvalue weighted by molar-refractivity contribution is 9.11. The van der Waals surface area contributed by atoms with Gasteiger partial charge in [0.15, 0.2) is 5.75 Å². The Kier molecular flexibility index (Phi) is 4.30. The van der Waals surface area contributed by atoms with Gasteiger partial charge >= 0.3 is 0 Å². The molecule has 0 aromatic heterocycles. The van der Waals surface area contributed by atoms with E-state index in [-0.39, 0.29) is 0 Å². The van der Waals surface area contributed by atoms with Crippen molar-refractivity contribution in [1.82, 2.24) is 0 Å². The molecule has 2 aromatic rings. The molecule has 0 bridgehead atoms. The van der Waals surface area contributed by atoms with Gasteiger partial charge in [-0.05, 0) is 80.2 Å². The SMILES string of the molecule is CCc1cc(Br)c(Oc2ccc(N)cc2)c(Br)c1. The Labute approximate surface area is 123 Å². The van der Waals surface area contributed by atoms with Gasteiger partial charge in [-0.15, -0.1) is 0 Å². The molecule has 0 aliphatic heterocycles. The number of hydrogen-bond acceptors (Lipinski definition) is 2. The molecule has 0 radical (unpaired) electrons. The molecule has 0 aliphatic rings. The van der Waals surface area contributed by atoms with E-state index in [9.17, 15) is 0 Å². The number of anilines is 1. The molecule has 0 unspecified atom stereocenters. The fourth-order valence-electron chi connectivity index (χ4n) is 1.57. The van der Waals surface area contributed by atoms with E-state index in [1.807, 2.05) is 24.3 Å². The zero-order valence-corrected chi connectivity index (χ0v) is 13.1. The molecule has 94 valence electrons. The van der Waals surface area contributed by atoms with Crippen LogP contribution in [0.4, 0.5) is 5.69 Å². The lowest BCUT2D eigenvalue weighted by Crippen LogP contribution is -1.90. The Bertz CT molecular complexity index is 529. The Morgan fingerprint density at radius 2 is 1.61 bits per heavy atom. The Hall–Kier alpha value is -1.000. The number of halogens is 2. The van der Waals surface area contributed by atoms with Crippen molar-refractivity contribution < 1.29 is 4.74 Å². The van der Waals surface area contributed by atoms with Gasteiger partial charge in [0.25, 0.3) is 0 Å². The number of nitrogen functional groups attached to an aromatic ring is 1. The fraction of sp³-hybridized carbons (Fsp3) is 0.143. The molecule has 2 rings (SSSR count). The summed E-state index contributed by atoms with van der Waals surface area (Å²) < 4.78 is 7.72. The monoisotopic (exact) mass is 369 g/mol. The smallest absolute Gasteiger partial charge is 0.155 e. The van der Waals surface area contributed by atoms with Crippen LogP contribution in [0.25, 0.3) is 0 Å². The molecule has 0 saturated heterocycles. The Morgan fingerprint density at radius 1 is 1.06 bits per heavy atom. The normalized spacial score (nSPS) is 10.4. The molecule has 0 fully saturated rings. The fourth-order valence-corrected chi connectivity index (χ4v) is 3.01. The number of nitrogens with two attached hydrogens (primary N) is 1. The Morgan fingerprint density at radius 3 is 2.11 bits per heavy atom. The molecule has 0 heterocycles. The largest absolute Gasteiger partial charge is 0.455 e. The van der Waals surface area contributed by atoms with Crippen LogP contribution in [0.5, 0.6) is 11.5 Å². The first kappa shape index (κ1) is 13.4. The van der Waals surface area contributed by atoms with Crippen molar-refractivity contribution in [3.05, 3.63) is 50.9 Å². The summed E-state index contributed by atoms with van der Waals surface area (Å²) in [5.74, 6) is 1.53. The number of rotatable bonds is 3. The molecule has 2 nitrogen and oxygen atoms in total. The average Bonchev–Trinajstić information content (AvgIpc) is 2.35. The first-order chi connectivity index (χ1) is 8.60. The Balaban J connectivity index is 2.31. The summed E-state index contributed by atoms with van der Waals surface area (Å²) in [6, 6.07) is 11.5. The van der Waals surface area contributed by atoms with Crippen LogP contribution in [-0.2, 0) is 6.42 Å². The second kappa shape index (κ2) is 5.76. The molecule has 18 heavy (non-hydrogen) atoms. The van der Waals surface area contributed by atoms with Crippen LogP contribution < -0.4 is 10.5 Å². The second-order valence-corrected chi connectivity index (χ2v) is 5.62. The van der Waals surface area contributed by atoms with Gasteiger partial charge < -0.3 is 10.5 Å². The van der Waals surface area contributed by atoms with Crippen LogP contribution in [0.3, 0.4) is 0 Å². The lowest BCUT2D eigenvalue weighted by atomic mass is 10.2. The maximum absolute atomic E-state index is 5.85. The van der Waals surface area contributed by atoms with Crippen LogP contribution in [0.15, 0.2) is 45.3 Å². The van der Waals surface area contributed by atoms with Crippen molar-refractivity contribution in [3.8, 4) is 11.5 Å². The zero-order valence-electron chi connectivity index (χ0n) is 9.91. The van der Waals surface area contributed by atoms with Gasteiger partial charge in [-0.2, -0.15) is 0 Å². The van der Waals surface area contributed by atoms with Gasteiger partial charge in [-0.3, -0.25) is 0 Å². The third kappa shape index (κ3) is 3.06. The van der Waals surface area contributed by atoms with Crippen LogP contribution in [0.1, 0.15) is 12.5 Å². The summed E-state index contributed by atoms with van der Waals surface area (Å²) in [5, 5.41) is 0. The second-order valence-electron chi connectivity index (χ2n) is 3.91. The zero-order chi connectivity index (χ0) is 13.1. The summed E-state index contributed by atoms with van der Waals surface area (Å²) in [6.07, 6.45) is 0.985. The highest BCUT2D eigenvalue weighted by Crippen LogP contribution is 2.38. The standard InChI is InChI=1S/C14H13Br2NO/c1-2-9-7-12(15)14(13(16)8-9)18-11-5-3-10(17)4-6-11/h3-8H,2,17H2,1H3. The summed E-state index contributed by atoms with van der Waals surface area (Å²) in [6.45, 7) is 2.12. The number of benzene rings is 2. The van der Waals surface area contributed by atoms with E-state index in [0.717, 1.165) is 32.6 Å². The molecule has 0 spiro atoms. The van der Waals surface area contributed by atoms with Crippen molar-refractivity contribution in [1.29, 1.82) is 0 Å². The van der Waals surface area contributed by atoms with E-state index in [1.165, 1.54) is 5.56 Å². The maximum Gasteiger partial charge on any atom is 0.155 e. The van der Waals surface area contributed by atoms with Crippen molar-refractivity contribution in [3.63, 3.8) is 0 Å². The minimum absolute atomic E-state index is 0.724. The average molecular weight is 371 g/mol. The van der Waals surface area contributed by atoms with Crippen LogP contribution in [0.2, 0.25) is 0 Å². The highest BCUT2D eigenvalue weighted by Gasteiger charge is 2.09. The van der Waals surface area contributed by atoms with E-state index >= 15 is 0 Å². The van der Waals surface area contributed by atoms with E-state index in [4.69, 9.17) is 10.5 Å². The molecule has 2 N–H and O–H groups in total. The van der Waals surface area contributed by atoms with Crippen molar-refractivity contribution in [2.24, 2.45) is 0 Å². The molecule has 0 atom stereocenters. The van der Waals surface area contributed by atoms with Crippen molar-refractivity contribution in [2.75, 3.05) is 5.73 Å². The topological polar surface area (TPSA) is 35.2 Å². The highest BCUT2D eigenvalue weighted by atomic mass is 79.9. The van der Waals surface area contributed by atoms with Gasteiger partial charge in [0.2, 0.25) is 0 Å². The molecule has 0 aliphatic carbocycles. The predicted molar refractivity (Wildman–Crippen MR) is 82.1 cm³/mol. The molecular weight excluding hydrogens is 358 g/mol. The number of ether oxygens (including phenoxy) is 1. The van der Waals surface area contributed by atoms with Gasteiger partial charge in [0.05, 0.1) is 8.95 Å². The van der Waals surface area contributed by atoms with Crippen molar-refractivity contribution >= 4 is 37.5 Å². The summed E-state index contributed by atoms with van der Waals surface area (Å²) >= 11 is 7.06. The van der Waals surface area contributed by atoms with E-state index < -0.39 is 0 Å². The third-order valence-corrected chi connectivity index (χ3v) is 3.74. The molecule has 0 saturated carbocycles. The van der Waals surface area contributed by atoms with E-state index in [2.05, 4.69) is 50.9 Å². The maximum atomic E-state index is 5.85. The van der Waals surface area contributed by atoms with Gasteiger partial charge in [-0.25, -0.2) is 0 Å². The van der Waals surface area contributed by atoms with E-state index in [0.29, 0.717) is 0 Å². The lowest BCUT2D eigenvalue weighted by Gasteiger charge is -2.11. The summed E-state index contributed by atoms with van der Waals surface area (Å²) in [5.41, 5.74) is 7.62. The minimum atomic E-state index is 0.724. The number of aryl methyl sites for hydroxylation is 1.